The molecule has 112 valence electrons. The second kappa shape index (κ2) is 9.21. The van der Waals surface area contributed by atoms with Crippen LogP contribution in [0.5, 0.6) is 0 Å². The van der Waals surface area contributed by atoms with Gasteiger partial charge in [0.15, 0.2) is 11.4 Å². The first kappa shape index (κ1) is 18.3. The van der Waals surface area contributed by atoms with E-state index in [0.29, 0.717) is 13.2 Å². The summed E-state index contributed by atoms with van der Waals surface area (Å²) < 4.78 is 11.0. The summed E-state index contributed by atoms with van der Waals surface area (Å²) in [4.78, 5) is 8.81. The zero-order valence-electron chi connectivity index (χ0n) is 13.4. The molecule has 0 unspecified atom stereocenters. The van der Waals surface area contributed by atoms with Gasteiger partial charge >= 0.3 is 0 Å². The van der Waals surface area contributed by atoms with E-state index in [0.717, 1.165) is 19.3 Å². The summed E-state index contributed by atoms with van der Waals surface area (Å²) in [5.41, 5.74) is -0.806. The van der Waals surface area contributed by atoms with Crippen LogP contribution in [0.1, 0.15) is 60.8 Å². The highest BCUT2D eigenvalue weighted by Crippen LogP contribution is 2.11. The van der Waals surface area contributed by atoms with Crippen molar-refractivity contribution in [3.63, 3.8) is 0 Å². The van der Waals surface area contributed by atoms with Crippen molar-refractivity contribution in [3.8, 4) is 0 Å². The maximum Gasteiger partial charge on any atom is 0.153 e. The lowest BCUT2D eigenvalue weighted by molar-refractivity contribution is -0.00247. The van der Waals surface area contributed by atoms with Crippen molar-refractivity contribution in [1.82, 2.24) is 0 Å². The van der Waals surface area contributed by atoms with Crippen LogP contribution in [0.25, 0.3) is 0 Å². The highest BCUT2D eigenvalue weighted by atomic mass is 16.5. The van der Waals surface area contributed by atoms with Crippen LogP contribution >= 0.6 is 0 Å². The van der Waals surface area contributed by atoms with Gasteiger partial charge in [-0.15, -0.1) is 0 Å². The van der Waals surface area contributed by atoms with Crippen LogP contribution < -0.4 is 0 Å². The van der Waals surface area contributed by atoms with Gasteiger partial charge in [-0.3, -0.25) is 9.98 Å². The molecule has 0 rings (SSSR count). The van der Waals surface area contributed by atoms with Crippen LogP contribution in [0, 0.1) is 0 Å². The number of hydrogen-bond acceptors (Lipinski definition) is 4. The quantitative estimate of drug-likeness (QED) is 0.447. The van der Waals surface area contributed by atoms with Crippen molar-refractivity contribution < 1.29 is 9.47 Å². The van der Waals surface area contributed by atoms with Gasteiger partial charge in [-0.2, -0.15) is 0 Å². The molecule has 0 amide bonds. The standard InChI is InChI=1S/C15H30N2O2/c1-7-18-14(3,4)16-12-10-9-11-13-17-15(5,6)19-8-2/h12-13H,7-11H2,1-6H3. The van der Waals surface area contributed by atoms with Gasteiger partial charge in [-0.25, -0.2) is 0 Å². The van der Waals surface area contributed by atoms with Gasteiger partial charge in [0.2, 0.25) is 0 Å². The molecule has 0 atom stereocenters. The fourth-order valence-corrected chi connectivity index (χ4v) is 1.65. The highest BCUT2D eigenvalue weighted by molar-refractivity contribution is 5.61. The lowest BCUT2D eigenvalue weighted by Crippen LogP contribution is -2.21. The molecule has 0 spiro atoms. The summed E-state index contributed by atoms with van der Waals surface area (Å²) in [5.74, 6) is 0. The first-order valence-corrected chi connectivity index (χ1v) is 7.18. The van der Waals surface area contributed by atoms with E-state index >= 15 is 0 Å². The Hall–Kier alpha value is -0.740. The average Bonchev–Trinajstić information content (AvgIpc) is 2.27. The van der Waals surface area contributed by atoms with Gasteiger partial charge in [-0.1, -0.05) is 0 Å². The van der Waals surface area contributed by atoms with Crippen LogP contribution in [0.15, 0.2) is 9.98 Å². The Bertz CT molecular complexity index is 256. The van der Waals surface area contributed by atoms with E-state index in [2.05, 4.69) is 9.98 Å². The van der Waals surface area contributed by atoms with Gasteiger partial charge in [-0.05, 0) is 60.8 Å². The summed E-state index contributed by atoms with van der Waals surface area (Å²) in [7, 11) is 0. The molecule has 0 N–H and O–H groups in total. The predicted octanol–water partition coefficient (Wildman–Crippen LogP) is 3.84. The molecule has 0 aromatic heterocycles. The van der Waals surface area contributed by atoms with Crippen molar-refractivity contribution in [2.75, 3.05) is 13.2 Å². The first-order valence-electron chi connectivity index (χ1n) is 7.18. The summed E-state index contributed by atoms with van der Waals surface area (Å²) in [6, 6.07) is 0. The van der Waals surface area contributed by atoms with Gasteiger partial charge in [0.05, 0.1) is 0 Å². The van der Waals surface area contributed by atoms with E-state index < -0.39 is 11.4 Å². The molecule has 0 aliphatic rings. The molecular weight excluding hydrogens is 240 g/mol. The molecule has 19 heavy (non-hydrogen) atoms. The third-order valence-corrected chi connectivity index (χ3v) is 2.47. The van der Waals surface area contributed by atoms with Gasteiger partial charge in [0.25, 0.3) is 0 Å². The van der Waals surface area contributed by atoms with E-state index in [1.807, 2.05) is 54.0 Å². The molecule has 0 radical (unpaired) electrons. The average molecular weight is 270 g/mol. The number of hydrogen-bond donors (Lipinski definition) is 0. The number of aliphatic imine (C=N–C) groups is 2. The Morgan fingerprint density at radius 3 is 1.47 bits per heavy atom. The number of nitrogens with zero attached hydrogens (tertiary/aromatic N) is 2. The Morgan fingerprint density at radius 1 is 0.789 bits per heavy atom. The zero-order valence-corrected chi connectivity index (χ0v) is 13.4. The Balaban J connectivity index is 3.82. The monoisotopic (exact) mass is 270 g/mol. The molecule has 0 bridgehead atoms. The van der Waals surface area contributed by atoms with Crippen LogP contribution in [-0.4, -0.2) is 37.1 Å². The molecule has 0 aliphatic carbocycles. The molecule has 0 aliphatic heterocycles. The van der Waals surface area contributed by atoms with E-state index in [4.69, 9.17) is 9.47 Å². The third-order valence-electron chi connectivity index (χ3n) is 2.47. The summed E-state index contributed by atoms with van der Waals surface area (Å²) >= 11 is 0. The zero-order chi connectivity index (χ0) is 14.8. The van der Waals surface area contributed by atoms with E-state index in [1.165, 1.54) is 0 Å². The molecule has 0 saturated heterocycles. The van der Waals surface area contributed by atoms with Crippen molar-refractivity contribution in [3.05, 3.63) is 0 Å². The topological polar surface area (TPSA) is 43.2 Å². The lowest BCUT2D eigenvalue weighted by Gasteiger charge is -2.19. The fourth-order valence-electron chi connectivity index (χ4n) is 1.65. The maximum absolute atomic E-state index is 5.49. The molecule has 0 aromatic carbocycles. The van der Waals surface area contributed by atoms with Crippen molar-refractivity contribution >= 4 is 12.4 Å². The molecule has 0 fully saturated rings. The van der Waals surface area contributed by atoms with E-state index in [1.54, 1.807) is 0 Å². The van der Waals surface area contributed by atoms with Crippen molar-refractivity contribution in [1.29, 1.82) is 0 Å². The second-order valence-corrected chi connectivity index (χ2v) is 5.31. The predicted molar refractivity (Wildman–Crippen MR) is 82.2 cm³/mol. The Labute approximate surface area is 118 Å². The molecule has 0 heterocycles. The summed E-state index contributed by atoms with van der Waals surface area (Å²) in [6.07, 6.45) is 6.81. The maximum atomic E-state index is 5.49. The minimum atomic E-state index is -0.403. The van der Waals surface area contributed by atoms with Crippen LogP contribution in [0.3, 0.4) is 0 Å². The normalized spacial score (nSPS) is 13.8. The van der Waals surface area contributed by atoms with Crippen LogP contribution in [0.4, 0.5) is 0 Å². The van der Waals surface area contributed by atoms with E-state index in [-0.39, 0.29) is 0 Å². The SMILES string of the molecule is CCOC(C)(C)N=CCCCC=NC(C)(C)OCC. The fraction of sp³-hybridized carbons (Fsp3) is 0.867. The van der Waals surface area contributed by atoms with Crippen LogP contribution in [0.2, 0.25) is 0 Å². The smallest absolute Gasteiger partial charge is 0.153 e. The Kier molecular flexibility index (Phi) is 8.85. The van der Waals surface area contributed by atoms with Crippen molar-refractivity contribution in [2.24, 2.45) is 9.98 Å². The molecule has 4 nitrogen and oxygen atoms in total. The summed E-state index contributed by atoms with van der Waals surface area (Å²) in [5, 5.41) is 0. The number of rotatable bonds is 10. The lowest BCUT2D eigenvalue weighted by atomic mass is 10.2. The van der Waals surface area contributed by atoms with Crippen LogP contribution in [-0.2, 0) is 9.47 Å². The largest absolute Gasteiger partial charge is 0.355 e. The van der Waals surface area contributed by atoms with Gasteiger partial charge in [0, 0.05) is 25.6 Å². The number of unbranched alkanes of at least 4 members (excludes halogenated alkanes) is 2. The molecule has 4 heteroatoms. The molecule has 0 aromatic rings. The Morgan fingerprint density at radius 2 is 1.16 bits per heavy atom. The molecular formula is C15H30N2O2. The van der Waals surface area contributed by atoms with Gasteiger partial charge in [0.1, 0.15) is 0 Å². The first-order chi connectivity index (χ1) is 8.83. The minimum absolute atomic E-state index is 0.403. The van der Waals surface area contributed by atoms with E-state index in [9.17, 15) is 0 Å². The molecule has 0 saturated carbocycles. The minimum Gasteiger partial charge on any atom is -0.355 e. The van der Waals surface area contributed by atoms with Crippen molar-refractivity contribution in [2.45, 2.75) is 72.3 Å². The summed E-state index contributed by atoms with van der Waals surface area (Å²) in [6.45, 7) is 13.2. The number of ether oxygens (including phenoxy) is 2. The second-order valence-electron chi connectivity index (χ2n) is 5.31. The third kappa shape index (κ3) is 10.8. The highest BCUT2D eigenvalue weighted by Gasteiger charge is 2.14. The van der Waals surface area contributed by atoms with Gasteiger partial charge < -0.3 is 9.47 Å².